The average molecular weight is 433 g/mol. The third-order valence-electron chi connectivity index (χ3n) is 4.85. The summed E-state index contributed by atoms with van der Waals surface area (Å²) in [7, 11) is -3.74. The Morgan fingerprint density at radius 1 is 1.27 bits per heavy atom. The molecule has 3 rings (SSSR count). The summed E-state index contributed by atoms with van der Waals surface area (Å²) in [6, 6.07) is 11.8. The van der Waals surface area contributed by atoms with Gasteiger partial charge in [0.25, 0.3) is 5.69 Å². The van der Waals surface area contributed by atoms with Crippen molar-refractivity contribution in [1.82, 2.24) is 4.31 Å². The number of nitro benzene ring substituents is 1. The van der Waals surface area contributed by atoms with E-state index in [9.17, 15) is 23.3 Å². The number of ether oxygens (including phenoxy) is 1. The molecule has 2 aromatic rings. The number of amides is 1. The van der Waals surface area contributed by atoms with E-state index in [2.05, 4.69) is 5.32 Å². The van der Waals surface area contributed by atoms with Crippen molar-refractivity contribution in [3.05, 3.63) is 58.6 Å². The zero-order chi connectivity index (χ0) is 21.7. The molecule has 1 saturated heterocycles. The number of carbonyl (C=O) groups excluding carboxylic acids is 1. The molecule has 0 spiro atoms. The lowest BCUT2D eigenvalue weighted by atomic mass is 9.98. The summed E-state index contributed by atoms with van der Waals surface area (Å²) < 4.78 is 32.6. The van der Waals surface area contributed by atoms with Crippen molar-refractivity contribution in [1.29, 1.82) is 0 Å². The van der Waals surface area contributed by atoms with E-state index in [-0.39, 0.29) is 23.0 Å². The number of hydrogen-bond donors (Lipinski definition) is 1. The molecule has 30 heavy (non-hydrogen) atoms. The molecule has 0 aliphatic carbocycles. The fourth-order valence-electron chi connectivity index (χ4n) is 3.34. The van der Waals surface area contributed by atoms with Crippen LogP contribution in [0, 0.1) is 16.0 Å². The van der Waals surface area contributed by atoms with Gasteiger partial charge in [0.1, 0.15) is 5.75 Å². The maximum absolute atomic E-state index is 13.0. The van der Waals surface area contributed by atoms with Crippen molar-refractivity contribution in [2.75, 3.05) is 25.0 Å². The average Bonchev–Trinajstić information content (AvgIpc) is 2.74. The van der Waals surface area contributed by atoms with Crippen molar-refractivity contribution in [2.45, 2.75) is 24.7 Å². The minimum absolute atomic E-state index is 0.0519. The van der Waals surface area contributed by atoms with E-state index >= 15 is 0 Å². The van der Waals surface area contributed by atoms with Crippen LogP contribution < -0.4 is 10.1 Å². The van der Waals surface area contributed by atoms with Crippen molar-refractivity contribution < 1.29 is 22.9 Å². The van der Waals surface area contributed by atoms with Gasteiger partial charge in [-0.15, -0.1) is 0 Å². The van der Waals surface area contributed by atoms with Crippen molar-refractivity contribution in [3.8, 4) is 5.75 Å². The van der Waals surface area contributed by atoms with E-state index in [1.165, 1.54) is 34.6 Å². The molecule has 1 N–H and O–H groups in total. The highest BCUT2D eigenvalue weighted by Gasteiger charge is 2.33. The molecule has 1 heterocycles. The summed E-state index contributed by atoms with van der Waals surface area (Å²) in [4.78, 5) is 23.2. The molecule has 0 aromatic heterocycles. The molecule has 1 aliphatic rings. The van der Waals surface area contributed by atoms with E-state index < -0.39 is 20.9 Å². The van der Waals surface area contributed by atoms with Gasteiger partial charge in [-0.3, -0.25) is 14.9 Å². The zero-order valence-electron chi connectivity index (χ0n) is 16.5. The second kappa shape index (κ2) is 9.23. The number of hydrogen-bond acceptors (Lipinski definition) is 6. The number of sulfonamides is 1. The lowest BCUT2D eigenvalue weighted by Crippen LogP contribution is -2.43. The molecule has 1 fully saturated rings. The highest BCUT2D eigenvalue weighted by Crippen LogP contribution is 2.26. The first-order valence-corrected chi connectivity index (χ1v) is 11.0. The zero-order valence-corrected chi connectivity index (χ0v) is 17.3. The second-order valence-electron chi connectivity index (χ2n) is 6.90. The number of nitrogens with one attached hydrogen (secondary N) is 1. The molecule has 0 bridgehead atoms. The predicted octanol–water partition coefficient (Wildman–Crippen LogP) is 3.03. The summed E-state index contributed by atoms with van der Waals surface area (Å²) >= 11 is 0. The maximum Gasteiger partial charge on any atom is 0.271 e. The number of anilines is 1. The van der Waals surface area contributed by atoms with Crippen molar-refractivity contribution >= 4 is 27.3 Å². The fourth-order valence-corrected chi connectivity index (χ4v) is 4.86. The Labute approximate surface area is 174 Å². The van der Waals surface area contributed by atoms with Crippen LogP contribution in [0.2, 0.25) is 0 Å². The number of carbonyl (C=O) groups is 1. The first-order chi connectivity index (χ1) is 14.3. The molecule has 0 unspecified atom stereocenters. The van der Waals surface area contributed by atoms with E-state index in [1.54, 1.807) is 18.2 Å². The molecule has 0 radical (unpaired) electrons. The molecule has 160 valence electrons. The van der Waals surface area contributed by atoms with E-state index in [4.69, 9.17) is 4.74 Å². The van der Waals surface area contributed by atoms with Gasteiger partial charge in [0.15, 0.2) is 0 Å². The number of piperidine rings is 1. The van der Waals surface area contributed by atoms with Crippen LogP contribution in [0.15, 0.2) is 53.4 Å². The van der Waals surface area contributed by atoms with E-state index in [1.807, 2.05) is 6.92 Å². The van der Waals surface area contributed by atoms with Crippen LogP contribution in [0.4, 0.5) is 11.4 Å². The van der Waals surface area contributed by atoms with Crippen LogP contribution in [0.25, 0.3) is 0 Å². The van der Waals surface area contributed by atoms with E-state index in [0.717, 1.165) is 0 Å². The van der Waals surface area contributed by atoms with E-state index in [0.29, 0.717) is 37.4 Å². The first-order valence-electron chi connectivity index (χ1n) is 9.59. The largest absolute Gasteiger partial charge is 0.494 e. The third kappa shape index (κ3) is 4.95. The number of nitrogens with zero attached hydrogens (tertiary/aromatic N) is 2. The van der Waals surface area contributed by atoms with Crippen molar-refractivity contribution in [2.24, 2.45) is 5.92 Å². The Morgan fingerprint density at radius 3 is 2.67 bits per heavy atom. The molecular weight excluding hydrogens is 410 g/mol. The Morgan fingerprint density at radius 2 is 2.00 bits per heavy atom. The summed E-state index contributed by atoms with van der Waals surface area (Å²) in [5, 5.41) is 13.6. The van der Waals surface area contributed by atoms with Gasteiger partial charge < -0.3 is 10.1 Å². The standard InChI is InChI=1S/C20H23N3O6S/c1-2-29-18-8-10-19(11-9-18)30(27,28)22-12-4-5-15(14-22)20(24)21-16-6-3-7-17(13-16)23(25)26/h3,6-11,13,15H,2,4-5,12,14H2,1H3,(H,21,24)/t15-/m0/s1. The minimum atomic E-state index is -3.74. The lowest BCUT2D eigenvalue weighted by molar-refractivity contribution is -0.384. The summed E-state index contributed by atoms with van der Waals surface area (Å²) in [6.45, 7) is 2.71. The second-order valence-corrected chi connectivity index (χ2v) is 8.84. The van der Waals surface area contributed by atoms with Gasteiger partial charge in [0, 0.05) is 30.9 Å². The molecular formula is C20H23N3O6S. The lowest BCUT2D eigenvalue weighted by Gasteiger charge is -2.31. The van der Waals surface area contributed by atoms with Gasteiger partial charge in [-0.1, -0.05) is 6.07 Å². The number of rotatable bonds is 7. The highest BCUT2D eigenvalue weighted by molar-refractivity contribution is 7.89. The van der Waals surface area contributed by atoms with Crippen LogP contribution in [0.3, 0.4) is 0 Å². The summed E-state index contributed by atoms with van der Waals surface area (Å²) in [5.41, 5.74) is 0.178. The van der Waals surface area contributed by atoms with Gasteiger partial charge in [0.05, 0.1) is 22.3 Å². The molecule has 1 aliphatic heterocycles. The Bertz CT molecular complexity index is 1020. The van der Waals surface area contributed by atoms with Gasteiger partial charge in [-0.25, -0.2) is 8.42 Å². The van der Waals surface area contributed by atoms with Gasteiger partial charge in [-0.2, -0.15) is 4.31 Å². The third-order valence-corrected chi connectivity index (χ3v) is 6.73. The monoisotopic (exact) mass is 433 g/mol. The minimum Gasteiger partial charge on any atom is -0.494 e. The Kier molecular flexibility index (Phi) is 6.68. The quantitative estimate of drug-likeness (QED) is 0.529. The molecule has 1 atom stereocenters. The van der Waals surface area contributed by atoms with Crippen LogP contribution in [-0.4, -0.2) is 43.2 Å². The number of non-ortho nitro benzene ring substituents is 1. The summed E-state index contributed by atoms with van der Waals surface area (Å²) in [6.07, 6.45) is 1.08. The smallest absolute Gasteiger partial charge is 0.271 e. The Balaban J connectivity index is 1.70. The topological polar surface area (TPSA) is 119 Å². The van der Waals surface area contributed by atoms with Crippen LogP contribution in [0.1, 0.15) is 19.8 Å². The molecule has 10 heteroatoms. The molecule has 9 nitrogen and oxygen atoms in total. The number of nitro groups is 1. The SMILES string of the molecule is CCOc1ccc(S(=O)(=O)N2CCC[C@H](C(=O)Nc3cccc([N+](=O)[O-])c3)C2)cc1. The van der Waals surface area contributed by atoms with Crippen LogP contribution >= 0.6 is 0 Å². The fraction of sp³-hybridized carbons (Fsp3) is 0.350. The predicted molar refractivity (Wildman–Crippen MR) is 111 cm³/mol. The van der Waals surface area contributed by atoms with Crippen LogP contribution in [-0.2, 0) is 14.8 Å². The normalized spacial score (nSPS) is 17.3. The van der Waals surface area contributed by atoms with Gasteiger partial charge in [0.2, 0.25) is 15.9 Å². The Hall–Kier alpha value is -2.98. The molecule has 1 amide bonds. The summed E-state index contributed by atoms with van der Waals surface area (Å²) in [5.74, 6) is -0.318. The first kappa shape index (κ1) is 21.7. The molecule has 2 aromatic carbocycles. The van der Waals surface area contributed by atoms with Gasteiger partial charge in [-0.05, 0) is 50.1 Å². The van der Waals surface area contributed by atoms with Crippen molar-refractivity contribution in [3.63, 3.8) is 0 Å². The highest BCUT2D eigenvalue weighted by atomic mass is 32.2. The van der Waals surface area contributed by atoms with Gasteiger partial charge >= 0.3 is 0 Å². The molecule has 0 saturated carbocycles. The number of benzene rings is 2. The maximum atomic E-state index is 13.0. The van der Waals surface area contributed by atoms with Crippen LogP contribution in [0.5, 0.6) is 5.75 Å².